The Labute approximate surface area is 98.7 Å². The van der Waals surface area contributed by atoms with Crippen molar-refractivity contribution < 1.29 is 9.90 Å². The summed E-state index contributed by atoms with van der Waals surface area (Å²) in [4.78, 5) is 10.9. The predicted octanol–water partition coefficient (Wildman–Crippen LogP) is 2.17. The van der Waals surface area contributed by atoms with Crippen molar-refractivity contribution in [1.82, 2.24) is 9.78 Å². The summed E-state index contributed by atoms with van der Waals surface area (Å²) in [5, 5.41) is 16.1. The molecular weight excluding hydrogens is 218 g/mol. The van der Waals surface area contributed by atoms with Gasteiger partial charge in [0.2, 0.25) is 0 Å². The molecule has 0 radical (unpaired) electrons. The molecule has 2 aromatic rings. The third-order valence-electron chi connectivity index (χ3n) is 2.45. The lowest BCUT2D eigenvalue weighted by molar-refractivity contribution is 0.0696. The Morgan fingerprint density at radius 1 is 1.41 bits per heavy atom. The molecule has 2 rings (SSSR count). The zero-order chi connectivity index (χ0) is 12.4. The second-order valence-electron chi connectivity index (χ2n) is 3.86. The third-order valence-corrected chi connectivity index (χ3v) is 2.45. The van der Waals surface area contributed by atoms with Crippen molar-refractivity contribution in [3.05, 3.63) is 41.7 Å². The van der Waals surface area contributed by atoms with Gasteiger partial charge >= 0.3 is 5.97 Å². The number of anilines is 2. The summed E-state index contributed by atoms with van der Waals surface area (Å²) >= 11 is 0. The van der Waals surface area contributed by atoms with Crippen molar-refractivity contribution in [2.45, 2.75) is 6.92 Å². The van der Waals surface area contributed by atoms with Crippen molar-refractivity contribution in [1.29, 1.82) is 0 Å². The summed E-state index contributed by atoms with van der Waals surface area (Å²) in [6, 6.07) is 5.14. The Morgan fingerprint density at radius 3 is 2.71 bits per heavy atom. The van der Waals surface area contributed by atoms with Crippen LogP contribution < -0.4 is 5.32 Å². The van der Waals surface area contributed by atoms with Crippen LogP contribution in [0.15, 0.2) is 30.6 Å². The SMILES string of the molecule is Cc1cc(Nc2cnn(C)c2)ccc1C(=O)O. The van der Waals surface area contributed by atoms with E-state index in [0.717, 1.165) is 16.9 Å². The third kappa shape index (κ3) is 2.44. The van der Waals surface area contributed by atoms with Gasteiger partial charge in [-0.2, -0.15) is 5.10 Å². The molecule has 0 unspecified atom stereocenters. The number of nitrogens with one attached hydrogen (secondary N) is 1. The van der Waals surface area contributed by atoms with Crippen molar-refractivity contribution >= 4 is 17.3 Å². The van der Waals surface area contributed by atoms with Gasteiger partial charge in [-0.05, 0) is 30.7 Å². The number of aromatic carboxylic acids is 1. The van der Waals surface area contributed by atoms with Crippen molar-refractivity contribution in [3.8, 4) is 0 Å². The van der Waals surface area contributed by atoms with Crippen LogP contribution in [-0.4, -0.2) is 20.9 Å². The minimum absolute atomic E-state index is 0.321. The highest BCUT2D eigenvalue weighted by Crippen LogP contribution is 2.19. The molecule has 1 aromatic carbocycles. The van der Waals surface area contributed by atoms with Crippen LogP contribution in [-0.2, 0) is 7.05 Å². The molecule has 0 aliphatic carbocycles. The molecule has 0 fully saturated rings. The number of benzene rings is 1. The molecule has 0 atom stereocenters. The van der Waals surface area contributed by atoms with Gasteiger partial charge in [-0.15, -0.1) is 0 Å². The van der Waals surface area contributed by atoms with Gasteiger partial charge in [-0.25, -0.2) is 4.79 Å². The zero-order valence-corrected chi connectivity index (χ0v) is 9.64. The van der Waals surface area contributed by atoms with Crippen LogP contribution in [0.4, 0.5) is 11.4 Å². The predicted molar refractivity (Wildman–Crippen MR) is 64.6 cm³/mol. The van der Waals surface area contributed by atoms with Crippen LogP contribution in [0.2, 0.25) is 0 Å². The maximum Gasteiger partial charge on any atom is 0.335 e. The first-order valence-corrected chi connectivity index (χ1v) is 5.16. The highest BCUT2D eigenvalue weighted by Gasteiger charge is 2.07. The topological polar surface area (TPSA) is 67.2 Å². The molecule has 0 bridgehead atoms. The Balaban J connectivity index is 2.23. The Morgan fingerprint density at radius 2 is 2.18 bits per heavy atom. The molecule has 5 nitrogen and oxygen atoms in total. The van der Waals surface area contributed by atoms with E-state index in [4.69, 9.17) is 5.11 Å². The van der Waals surface area contributed by atoms with E-state index in [-0.39, 0.29) is 0 Å². The van der Waals surface area contributed by atoms with Gasteiger partial charge in [0.05, 0.1) is 17.4 Å². The molecular formula is C12H13N3O2. The van der Waals surface area contributed by atoms with E-state index >= 15 is 0 Å². The van der Waals surface area contributed by atoms with Gasteiger partial charge in [-0.3, -0.25) is 4.68 Å². The van der Waals surface area contributed by atoms with Gasteiger partial charge in [0.25, 0.3) is 0 Å². The first-order valence-electron chi connectivity index (χ1n) is 5.16. The fourth-order valence-electron chi connectivity index (χ4n) is 1.63. The Bertz CT molecular complexity index is 561. The van der Waals surface area contributed by atoms with E-state index in [1.165, 1.54) is 0 Å². The molecule has 0 aliphatic rings. The monoisotopic (exact) mass is 231 g/mol. The summed E-state index contributed by atoms with van der Waals surface area (Å²) in [6.45, 7) is 1.78. The quantitative estimate of drug-likeness (QED) is 0.849. The summed E-state index contributed by atoms with van der Waals surface area (Å²) in [5.41, 5.74) is 2.77. The number of hydrogen-bond acceptors (Lipinski definition) is 3. The van der Waals surface area contributed by atoms with Gasteiger partial charge < -0.3 is 10.4 Å². The molecule has 0 saturated carbocycles. The van der Waals surface area contributed by atoms with Crippen molar-refractivity contribution in [3.63, 3.8) is 0 Å². The second kappa shape index (κ2) is 4.29. The average molecular weight is 231 g/mol. The summed E-state index contributed by atoms with van der Waals surface area (Å²) in [6.07, 6.45) is 3.56. The zero-order valence-electron chi connectivity index (χ0n) is 9.64. The van der Waals surface area contributed by atoms with Gasteiger partial charge in [0, 0.05) is 18.9 Å². The average Bonchev–Trinajstić information content (AvgIpc) is 2.63. The van der Waals surface area contributed by atoms with Gasteiger partial charge in [0.1, 0.15) is 0 Å². The van der Waals surface area contributed by atoms with E-state index < -0.39 is 5.97 Å². The minimum Gasteiger partial charge on any atom is -0.478 e. The number of aromatic nitrogens is 2. The van der Waals surface area contributed by atoms with E-state index in [1.807, 2.05) is 13.2 Å². The molecule has 0 saturated heterocycles. The number of nitrogens with zero attached hydrogens (tertiary/aromatic N) is 2. The van der Waals surface area contributed by atoms with Gasteiger partial charge in [0.15, 0.2) is 0 Å². The number of hydrogen-bond donors (Lipinski definition) is 2. The maximum atomic E-state index is 10.9. The second-order valence-corrected chi connectivity index (χ2v) is 3.86. The molecule has 17 heavy (non-hydrogen) atoms. The molecule has 5 heteroatoms. The lowest BCUT2D eigenvalue weighted by atomic mass is 10.1. The van der Waals surface area contributed by atoms with Crippen LogP contribution in [0.25, 0.3) is 0 Å². The highest BCUT2D eigenvalue weighted by molar-refractivity contribution is 5.90. The molecule has 1 aromatic heterocycles. The van der Waals surface area contributed by atoms with Crippen molar-refractivity contribution in [2.75, 3.05) is 5.32 Å². The molecule has 1 heterocycles. The van der Waals surface area contributed by atoms with Crippen LogP contribution >= 0.6 is 0 Å². The summed E-state index contributed by atoms with van der Waals surface area (Å²) in [5.74, 6) is -0.907. The van der Waals surface area contributed by atoms with Crippen LogP contribution in [0.1, 0.15) is 15.9 Å². The standard InChI is InChI=1S/C12H13N3O2/c1-8-5-9(3-4-11(8)12(16)17)14-10-6-13-15(2)7-10/h3-7,14H,1-2H3,(H,16,17). The van der Waals surface area contributed by atoms with Crippen LogP contribution in [0.5, 0.6) is 0 Å². The maximum absolute atomic E-state index is 10.9. The number of rotatable bonds is 3. The molecule has 2 N–H and O–H groups in total. The van der Waals surface area contributed by atoms with E-state index in [0.29, 0.717) is 5.56 Å². The lowest BCUT2D eigenvalue weighted by Crippen LogP contribution is -2.00. The van der Waals surface area contributed by atoms with Crippen LogP contribution in [0, 0.1) is 6.92 Å². The first-order chi connectivity index (χ1) is 8.06. The lowest BCUT2D eigenvalue weighted by Gasteiger charge is -2.06. The molecule has 0 spiro atoms. The van der Waals surface area contributed by atoms with E-state index in [2.05, 4.69) is 10.4 Å². The fraction of sp³-hybridized carbons (Fsp3) is 0.167. The number of carboxylic acid groups (broad SMARTS) is 1. The minimum atomic E-state index is -0.907. The normalized spacial score (nSPS) is 10.2. The van der Waals surface area contributed by atoms with E-state index in [9.17, 15) is 4.79 Å². The smallest absolute Gasteiger partial charge is 0.335 e. The number of aryl methyl sites for hydroxylation is 2. The molecule has 0 amide bonds. The fourth-order valence-corrected chi connectivity index (χ4v) is 1.63. The highest BCUT2D eigenvalue weighted by atomic mass is 16.4. The number of carboxylic acids is 1. The first kappa shape index (κ1) is 11.2. The summed E-state index contributed by atoms with van der Waals surface area (Å²) in [7, 11) is 1.84. The Kier molecular flexibility index (Phi) is 2.82. The molecule has 88 valence electrons. The van der Waals surface area contributed by atoms with E-state index in [1.54, 1.807) is 36.0 Å². The molecule has 0 aliphatic heterocycles. The van der Waals surface area contributed by atoms with Crippen molar-refractivity contribution in [2.24, 2.45) is 7.05 Å². The largest absolute Gasteiger partial charge is 0.478 e. The van der Waals surface area contributed by atoms with Crippen LogP contribution in [0.3, 0.4) is 0 Å². The van der Waals surface area contributed by atoms with Gasteiger partial charge in [-0.1, -0.05) is 0 Å². The number of carbonyl (C=O) groups is 1. The summed E-state index contributed by atoms with van der Waals surface area (Å²) < 4.78 is 1.70. The Hall–Kier alpha value is -2.30.